The van der Waals surface area contributed by atoms with Crippen LogP contribution in [0.3, 0.4) is 0 Å². The van der Waals surface area contributed by atoms with Crippen LogP contribution in [0, 0.1) is 5.82 Å². The van der Waals surface area contributed by atoms with Crippen LogP contribution in [0.5, 0.6) is 0 Å². The van der Waals surface area contributed by atoms with Crippen molar-refractivity contribution in [3.8, 4) is 0 Å². The molecule has 0 radical (unpaired) electrons. The Balaban J connectivity index is 2.18. The van der Waals surface area contributed by atoms with Gasteiger partial charge in [-0.1, -0.05) is 54.4 Å². The van der Waals surface area contributed by atoms with E-state index in [0.29, 0.717) is 28.5 Å². The number of hydrogen-bond donors (Lipinski definition) is 1. The minimum atomic E-state index is -0.175. The van der Waals surface area contributed by atoms with Crippen molar-refractivity contribution in [3.05, 3.63) is 69.5 Å². The number of halogens is 3. The Morgan fingerprint density at radius 1 is 1.00 bits per heavy atom. The SMILES string of the molecule is CCNC(Cc1ccccc1F)Cc1c(Cl)cccc1Cl. The summed E-state index contributed by atoms with van der Waals surface area (Å²) in [5, 5.41) is 4.68. The summed E-state index contributed by atoms with van der Waals surface area (Å²) >= 11 is 12.4. The number of rotatable bonds is 6. The molecule has 0 saturated carbocycles. The van der Waals surface area contributed by atoms with Gasteiger partial charge in [-0.2, -0.15) is 0 Å². The van der Waals surface area contributed by atoms with Gasteiger partial charge in [0, 0.05) is 16.1 Å². The van der Waals surface area contributed by atoms with Crippen LogP contribution in [0.4, 0.5) is 4.39 Å². The van der Waals surface area contributed by atoms with Crippen LogP contribution in [0.25, 0.3) is 0 Å². The molecule has 2 aromatic rings. The molecule has 0 bridgehead atoms. The van der Waals surface area contributed by atoms with Crippen molar-refractivity contribution >= 4 is 23.2 Å². The normalized spacial score (nSPS) is 12.4. The van der Waals surface area contributed by atoms with Gasteiger partial charge in [-0.25, -0.2) is 4.39 Å². The van der Waals surface area contributed by atoms with E-state index in [1.807, 2.05) is 37.3 Å². The standard InChI is InChI=1S/C17H18Cl2FN/c1-2-21-13(10-12-6-3-4-9-17(12)20)11-14-15(18)7-5-8-16(14)19/h3-9,13,21H,2,10-11H2,1H3. The molecule has 0 spiro atoms. The molecule has 2 aromatic carbocycles. The lowest BCUT2D eigenvalue weighted by molar-refractivity contribution is 0.506. The predicted octanol–water partition coefficient (Wildman–Crippen LogP) is 4.90. The Bertz CT molecular complexity index is 581. The molecular weight excluding hydrogens is 308 g/mol. The number of hydrogen-bond acceptors (Lipinski definition) is 1. The zero-order chi connectivity index (χ0) is 15.2. The summed E-state index contributed by atoms with van der Waals surface area (Å²) in [7, 11) is 0. The van der Waals surface area contributed by atoms with Gasteiger partial charge < -0.3 is 5.32 Å². The average Bonchev–Trinajstić information content (AvgIpc) is 2.45. The fourth-order valence-electron chi connectivity index (χ4n) is 2.41. The van der Waals surface area contributed by atoms with Gasteiger partial charge in [0.25, 0.3) is 0 Å². The van der Waals surface area contributed by atoms with Gasteiger partial charge in [-0.15, -0.1) is 0 Å². The molecule has 0 amide bonds. The van der Waals surface area contributed by atoms with Crippen LogP contribution in [0.2, 0.25) is 10.0 Å². The van der Waals surface area contributed by atoms with Crippen molar-refractivity contribution in [2.75, 3.05) is 6.54 Å². The van der Waals surface area contributed by atoms with Crippen molar-refractivity contribution in [2.24, 2.45) is 0 Å². The number of nitrogens with one attached hydrogen (secondary N) is 1. The van der Waals surface area contributed by atoms with Crippen molar-refractivity contribution < 1.29 is 4.39 Å². The van der Waals surface area contributed by atoms with E-state index in [-0.39, 0.29) is 11.9 Å². The molecule has 0 heterocycles. The van der Waals surface area contributed by atoms with E-state index < -0.39 is 0 Å². The molecule has 21 heavy (non-hydrogen) atoms. The third-order valence-electron chi connectivity index (χ3n) is 3.43. The first kappa shape index (κ1) is 16.3. The highest BCUT2D eigenvalue weighted by Gasteiger charge is 2.15. The lowest BCUT2D eigenvalue weighted by Crippen LogP contribution is -2.33. The Labute approximate surface area is 135 Å². The van der Waals surface area contributed by atoms with E-state index in [2.05, 4.69) is 5.32 Å². The minimum absolute atomic E-state index is 0.0873. The van der Waals surface area contributed by atoms with Gasteiger partial charge >= 0.3 is 0 Å². The van der Waals surface area contributed by atoms with Crippen molar-refractivity contribution in [1.29, 1.82) is 0 Å². The summed E-state index contributed by atoms with van der Waals surface area (Å²) in [4.78, 5) is 0. The second-order valence-electron chi connectivity index (χ2n) is 4.95. The summed E-state index contributed by atoms with van der Waals surface area (Å²) in [6.07, 6.45) is 1.27. The van der Waals surface area contributed by atoms with Gasteiger partial charge in [0.05, 0.1) is 0 Å². The first-order valence-electron chi connectivity index (χ1n) is 7.01. The zero-order valence-corrected chi connectivity index (χ0v) is 13.4. The summed E-state index contributed by atoms with van der Waals surface area (Å²) in [5.74, 6) is -0.175. The summed E-state index contributed by atoms with van der Waals surface area (Å²) in [5.41, 5.74) is 1.61. The predicted molar refractivity (Wildman–Crippen MR) is 87.7 cm³/mol. The summed E-state index contributed by atoms with van der Waals surface area (Å²) < 4.78 is 13.8. The molecule has 0 saturated heterocycles. The first-order valence-corrected chi connectivity index (χ1v) is 7.77. The molecule has 1 nitrogen and oxygen atoms in total. The Morgan fingerprint density at radius 3 is 2.29 bits per heavy atom. The van der Waals surface area contributed by atoms with Crippen molar-refractivity contribution in [1.82, 2.24) is 5.32 Å². The van der Waals surface area contributed by atoms with Crippen LogP contribution in [0.1, 0.15) is 18.1 Å². The number of likely N-dealkylation sites (N-methyl/N-ethyl adjacent to an activating group) is 1. The van der Waals surface area contributed by atoms with E-state index in [4.69, 9.17) is 23.2 Å². The molecule has 1 atom stereocenters. The van der Waals surface area contributed by atoms with E-state index in [9.17, 15) is 4.39 Å². The largest absolute Gasteiger partial charge is 0.314 e. The molecule has 0 aliphatic heterocycles. The lowest BCUT2D eigenvalue weighted by Gasteiger charge is -2.20. The maximum absolute atomic E-state index is 13.8. The molecule has 0 aliphatic rings. The quantitative estimate of drug-likeness (QED) is 0.796. The van der Waals surface area contributed by atoms with Crippen molar-refractivity contribution in [2.45, 2.75) is 25.8 Å². The van der Waals surface area contributed by atoms with Crippen molar-refractivity contribution in [3.63, 3.8) is 0 Å². The smallest absolute Gasteiger partial charge is 0.126 e. The molecule has 0 fully saturated rings. The fraction of sp³-hybridized carbons (Fsp3) is 0.294. The maximum atomic E-state index is 13.8. The molecule has 1 N–H and O–H groups in total. The first-order chi connectivity index (χ1) is 10.1. The zero-order valence-electron chi connectivity index (χ0n) is 11.9. The second kappa shape index (κ2) is 7.79. The van der Waals surface area contributed by atoms with Crippen LogP contribution >= 0.6 is 23.2 Å². The highest BCUT2D eigenvalue weighted by molar-refractivity contribution is 6.36. The molecule has 4 heteroatoms. The van der Waals surface area contributed by atoms with Crippen LogP contribution < -0.4 is 5.32 Å². The monoisotopic (exact) mass is 325 g/mol. The summed E-state index contributed by atoms with van der Waals surface area (Å²) in [6.45, 7) is 2.84. The van der Waals surface area contributed by atoms with E-state index in [1.54, 1.807) is 6.07 Å². The third-order valence-corrected chi connectivity index (χ3v) is 4.14. The Hall–Kier alpha value is -1.09. The van der Waals surface area contributed by atoms with E-state index in [1.165, 1.54) is 6.07 Å². The van der Waals surface area contributed by atoms with Gasteiger partial charge in [-0.3, -0.25) is 0 Å². The molecule has 0 aromatic heterocycles. The average molecular weight is 326 g/mol. The Morgan fingerprint density at radius 2 is 1.67 bits per heavy atom. The maximum Gasteiger partial charge on any atom is 0.126 e. The second-order valence-corrected chi connectivity index (χ2v) is 5.77. The molecule has 0 aliphatic carbocycles. The highest BCUT2D eigenvalue weighted by atomic mass is 35.5. The van der Waals surface area contributed by atoms with E-state index >= 15 is 0 Å². The number of benzene rings is 2. The highest BCUT2D eigenvalue weighted by Crippen LogP contribution is 2.26. The summed E-state index contributed by atoms with van der Waals surface area (Å²) in [6, 6.07) is 12.4. The van der Waals surface area contributed by atoms with Crippen LogP contribution in [-0.4, -0.2) is 12.6 Å². The van der Waals surface area contributed by atoms with Crippen LogP contribution in [0.15, 0.2) is 42.5 Å². The lowest BCUT2D eigenvalue weighted by atomic mass is 9.98. The van der Waals surface area contributed by atoms with Gasteiger partial charge in [0.1, 0.15) is 5.82 Å². The fourth-order valence-corrected chi connectivity index (χ4v) is 2.96. The Kier molecular flexibility index (Phi) is 6.04. The van der Waals surface area contributed by atoms with Crippen LogP contribution in [-0.2, 0) is 12.8 Å². The van der Waals surface area contributed by atoms with E-state index in [0.717, 1.165) is 12.1 Å². The van der Waals surface area contributed by atoms with Gasteiger partial charge in [-0.05, 0) is 48.7 Å². The third kappa shape index (κ3) is 4.44. The van der Waals surface area contributed by atoms with Gasteiger partial charge in [0.2, 0.25) is 0 Å². The molecular formula is C17H18Cl2FN. The molecule has 2 rings (SSSR count). The molecule has 1 unspecified atom stereocenters. The minimum Gasteiger partial charge on any atom is -0.314 e. The molecule has 112 valence electrons. The van der Waals surface area contributed by atoms with Gasteiger partial charge in [0.15, 0.2) is 0 Å². The topological polar surface area (TPSA) is 12.0 Å².